The number of hydrogen-bond donors (Lipinski definition) is 6. The van der Waals surface area contributed by atoms with Crippen molar-refractivity contribution in [3.63, 3.8) is 0 Å². The van der Waals surface area contributed by atoms with Gasteiger partial charge in [0.15, 0.2) is 6.29 Å². The summed E-state index contributed by atoms with van der Waals surface area (Å²) in [7, 11) is 0. The van der Waals surface area contributed by atoms with Gasteiger partial charge in [-0.05, 0) is 16.8 Å². The first kappa shape index (κ1) is 18.6. The Bertz CT molecular complexity index is 796. The third-order valence-corrected chi connectivity index (χ3v) is 4.58. The average Bonchev–Trinajstić information content (AvgIpc) is 2.64. The second-order valence-corrected chi connectivity index (χ2v) is 6.28. The first-order valence-corrected chi connectivity index (χ1v) is 8.22. The molecule has 0 saturated carbocycles. The molecule has 26 heavy (non-hydrogen) atoms. The molecule has 6 N–H and O–H groups in total. The molecule has 3 rings (SSSR count). The van der Waals surface area contributed by atoms with E-state index in [-0.39, 0.29) is 12.2 Å². The summed E-state index contributed by atoms with van der Waals surface area (Å²) < 4.78 is 5.01. The highest BCUT2D eigenvalue weighted by Gasteiger charge is 2.44. The standard InChI is InChI=1S/C18H21NO7/c20-8-13-16(23)17(24)15(18(25)26-13)19-14(22)7-11-10-4-2-1-3-9(10)5-6-12(11)21/h1-6,13,15-18,20-21,23-25H,7-8H2,(H,19,22)/t13-,15-,16-,17-,18-/m1/s1. The molecule has 1 heterocycles. The number of rotatable bonds is 4. The van der Waals surface area contributed by atoms with Crippen molar-refractivity contribution in [3.8, 4) is 5.75 Å². The molecular formula is C18H21NO7. The molecular weight excluding hydrogens is 342 g/mol. The van der Waals surface area contributed by atoms with Gasteiger partial charge in [0.2, 0.25) is 5.91 Å². The van der Waals surface area contributed by atoms with Crippen molar-refractivity contribution in [1.29, 1.82) is 0 Å². The third-order valence-electron chi connectivity index (χ3n) is 4.58. The van der Waals surface area contributed by atoms with Gasteiger partial charge in [-0.15, -0.1) is 0 Å². The molecule has 2 aromatic carbocycles. The molecule has 8 nitrogen and oxygen atoms in total. The van der Waals surface area contributed by atoms with Crippen molar-refractivity contribution in [1.82, 2.24) is 5.32 Å². The van der Waals surface area contributed by atoms with E-state index in [2.05, 4.69) is 5.32 Å². The quantitative estimate of drug-likeness (QED) is 0.410. The van der Waals surface area contributed by atoms with E-state index < -0.39 is 43.2 Å². The van der Waals surface area contributed by atoms with Crippen LogP contribution >= 0.6 is 0 Å². The number of phenolic OH excluding ortho intramolecular Hbond substituents is 1. The van der Waals surface area contributed by atoms with Gasteiger partial charge < -0.3 is 35.6 Å². The monoisotopic (exact) mass is 363 g/mol. The van der Waals surface area contributed by atoms with Gasteiger partial charge in [-0.25, -0.2) is 0 Å². The predicted molar refractivity (Wildman–Crippen MR) is 91.2 cm³/mol. The molecule has 0 radical (unpaired) electrons. The number of amides is 1. The lowest BCUT2D eigenvalue weighted by molar-refractivity contribution is -0.253. The normalized spacial score (nSPS) is 28.8. The van der Waals surface area contributed by atoms with E-state index in [1.165, 1.54) is 6.07 Å². The van der Waals surface area contributed by atoms with Gasteiger partial charge >= 0.3 is 0 Å². The minimum Gasteiger partial charge on any atom is -0.508 e. The average molecular weight is 363 g/mol. The van der Waals surface area contributed by atoms with Crippen molar-refractivity contribution in [2.24, 2.45) is 0 Å². The number of aliphatic hydroxyl groups excluding tert-OH is 4. The lowest BCUT2D eigenvalue weighted by atomic mass is 9.96. The van der Waals surface area contributed by atoms with Crippen molar-refractivity contribution in [3.05, 3.63) is 42.0 Å². The van der Waals surface area contributed by atoms with Gasteiger partial charge in [-0.1, -0.05) is 30.3 Å². The number of benzene rings is 2. The Kier molecular flexibility index (Phi) is 5.40. The topological polar surface area (TPSA) is 139 Å². The summed E-state index contributed by atoms with van der Waals surface area (Å²) in [6.07, 6.45) is -5.89. The van der Waals surface area contributed by atoms with Gasteiger partial charge in [0, 0.05) is 5.56 Å². The molecule has 1 amide bonds. The van der Waals surface area contributed by atoms with Crippen LogP contribution in [-0.2, 0) is 16.0 Å². The van der Waals surface area contributed by atoms with Crippen LogP contribution in [0.15, 0.2) is 36.4 Å². The highest BCUT2D eigenvalue weighted by Crippen LogP contribution is 2.28. The SMILES string of the molecule is O=C(Cc1c(O)ccc2ccccc12)N[C@@H]1[C@@H](O)[C@H](O)[C@@H](CO)O[C@H]1O. The van der Waals surface area contributed by atoms with Gasteiger partial charge in [0.05, 0.1) is 13.0 Å². The van der Waals surface area contributed by atoms with E-state index >= 15 is 0 Å². The summed E-state index contributed by atoms with van der Waals surface area (Å²) in [5.41, 5.74) is 0.412. The second kappa shape index (κ2) is 7.56. The molecule has 1 aliphatic rings. The minimum absolute atomic E-state index is 0.0415. The number of nitrogens with one attached hydrogen (secondary N) is 1. The van der Waals surface area contributed by atoms with Crippen LogP contribution in [0.3, 0.4) is 0 Å². The smallest absolute Gasteiger partial charge is 0.225 e. The molecule has 0 aliphatic carbocycles. The number of carbonyl (C=O) groups is 1. The van der Waals surface area contributed by atoms with Crippen molar-refractivity contribution in [2.45, 2.75) is 37.1 Å². The van der Waals surface area contributed by atoms with Crippen LogP contribution in [-0.4, -0.2) is 68.7 Å². The summed E-state index contributed by atoms with van der Waals surface area (Å²) in [4.78, 5) is 12.4. The largest absolute Gasteiger partial charge is 0.508 e. The zero-order valence-corrected chi connectivity index (χ0v) is 13.8. The number of aliphatic hydroxyl groups is 4. The van der Waals surface area contributed by atoms with E-state index in [0.29, 0.717) is 10.9 Å². The number of ether oxygens (including phenoxy) is 1. The van der Waals surface area contributed by atoms with Crippen LogP contribution in [0.1, 0.15) is 5.56 Å². The van der Waals surface area contributed by atoms with E-state index in [9.17, 15) is 25.2 Å². The zero-order chi connectivity index (χ0) is 18.8. The van der Waals surface area contributed by atoms with Gasteiger partial charge in [0.1, 0.15) is 30.1 Å². The fourth-order valence-electron chi connectivity index (χ4n) is 3.16. The number of phenols is 1. The van der Waals surface area contributed by atoms with Crippen LogP contribution in [0.2, 0.25) is 0 Å². The molecule has 0 unspecified atom stereocenters. The fourth-order valence-corrected chi connectivity index (χ4v) is 3.16. The maximum absolute atomic E-state index is 12.4. The van der Waals surface area contributed by atoms with Crippen molar-refractivity contribution in [2.75, 3.05) is 6.61 Å². The maximum atomic E-state index is 12.4. The van der Waals surface area contributed by atoms with Crippen molar-refractivity contribution < 1.29 is 35.1 Å². The molecule has 5 atom stereocenters. The second-order valence-electron chi connectivity index (χ2n) is 6.28. The van der Waals surface area contributed by atoms with Gasteiger partial charge in [0.25, 0.3) is 0 Å². The van der Waals surface area contributed by atoms with Crippen LogP contribution in [0.25, 0.3) is 10.8 Å². The number of aromatic hydroxyl groups is 1. The molecule has 1 aliphatic heterocycles. The van der Waals surface area contributed by atoms with Crippen LogP contribution in [0.5, 0.6) is 5.75 Å². The first-order chi connectivity index (χ1) is 12.4. The molecule has 0 aromatic heterocycles. The summed E-state index contributed by atoms with van der Waals surface area (Å²) in [5.74, 6) is -0.613. The molecule has 140 valence electrons. The summed E-state index contributed by atoms with van der Waals surface area (Å²) in [6, 6.07) is 9.22. The first-order valence-electron chi connectivity index (χ1n) is 8.22. The number of hydrogen-bond acceptors (Lipinski definition) is 7. The molecule has 2 aromatic rings. The van der Waals surface area contributed by atoms with Gasteiger partial charge in [-0.3, -0.25) is 4.79 Å². The summed E-state index contributed by atoms with van der Waals surface area (Å²) in [6.45, 7) is -0.584. The lowest BCUT2D eigenvalue weighted by Crippen LogP contribution is -2.64. The van der Waals surface area contributed by atoms with E-state index in [0.717, 1.165) is 5.39 Å². The van der Waals surface area contributed by atoms with Crippen LogP contribution < -0.4 is 5.32 Å². The summed E-state index contributed by atoms with van der Waals surface area (Å²) in [5, 5.41) is 53.1. The number of fused-ring (bicyclic) bond motifs is 1. The van der Waals surface area contributed by atoms with Crippen LogP contribution in [0, 0.1) is 0 Å². The van der Waals surface area contributed by atoms with E-state index in [1.807, 2.05) is 12.1 Å². The maximum Gasteiger partial charge on any atom is 0.225 e. The zero-order valence-electron chi connectivity index (χ0n) is 13.8. The Balaban J connectivity index is 1.76. The fraction of sp³-hybridized carbons (Fsp3) is 0.389. The Morgan fingerprint density at radius 3 is 2.54 bits per heavy atom. The van der Waals surface area contributed by atoms with E-state index in [1.54, 1.807) is 18.2 Å². The Morgan fingerprint density at radius 2 is 1.81 bits per heavy atom. The van der Waals surface area contributed by atoms with E-state index in [4.69, 9.17) is 9.84 Å². The predicted octanol–water partition coefficient (Wildman–Crippen LogP) is -0.996. The van der Waals surface area contributed by atoms with Crippen molar-refractivity contribution >= 4 is 16.7 Å². The minimum atomic E-state index is -1.59. The Hall–Kier alpha value is -2.23. The lowest BCUT2D eigenvalue weighted by Gasteiger charge is -2.40. The third kappa shape index (κ3) is 3.50. The molecule has 0 spiro atoms. The van der Waals surface area contributed by atoms with Gasteiger partial charge in [-0.2, -0.15) is 0 Å². The summed E-state index contributed by atoms with van der Waals surface area (Å²) >= 11 is 0. The Morgan fingerprint density at radius 1 is 1.08 bits per heavy atom. The molecule has 1 fully saturated rings. The Labute approximate surface area is 149 Å². The molecule has 8 heteroatoms. The number of carbonyl (C=O) groups excluding carboxylic acids is 1. The van der Waals surface area contributed by atoms with Crippen LogP contribution in [0.4, 0.5) is 0 Å². The molecule has 1 saturated heterocycles. The molecule has 0 bridgehead atoms. The highest BCUT2D eigenvalue weighted by molar-refractivity contribution is 5.92. The highest BCUT2D eigenvalue weighted by atomic mass is 16.6.